The lowest BCUT2D eigenvalue weighted by molar-refractivity contribution is -0.118. The summed E-state index contributed by atoms with van der Waals surface area (Å²) >= 11 is 0. The second-order valence-corrected chi connectivity index (χ2v) is 4.73. The van der Waals surface area contributed by atoms with Gasteiger partial charge in [-0.15, -0.1) is 0 Å². The third kappa shape index (κ3) is 2.66. The van der Waals surface area contributed by atoms with Crippen molar-refractivity contribution < 1.29 is 14.3 Å². The van der Waals surface area contributed by atoms with Crippen molar-refractivity contribution in [3.05, 3.63) is 18.2 Å². The molecule has 2 heterocycles. The van der Waals surface area contributed by atoms with E-state index in [4.69, 9.17) is 9.47 Å². The van der Waals surface area contributed by atoms with Crippen molar-refractivity contribution in [2.75, 3.05) is 37.7 Å². The molecule has 0 spiro atoms. The van der Waals surface area contributed by atoms with Crippen molar-refractivity contribution >= 4 is 11.6 Å². The van der Waals surface area contributed by atoms with Crippen LogP contribution in [0, 0.1) is 0 Å². The summed E-state index contributed by atoms with van der Waals surface area (Å²) in [4.78, 5) is 14.0. The SMILES string of the molecule is O=C1CCNCCCN1c1ccc2c(c1)OCCO2. The minimum atomic E-state index is 0.156. The normalized spacial score (nSPS) is 19.8. The average molecular weight is 262 g/mol. The quantitative estimate of drug-likeness (QED) is 0.825. The molecule has 0 aliphatic carbocycles. The number of benzene rings is 1. The van der Waals surface area contributed by atoms with Crippen LogP contribution in [0.15, 0.2) is 18.2 Å². The maximum Gasteiger partial charge on any atom is 0.228 e. The van der Waals surface area contributed by atoms with Crippen LogP contribution in [-0.4, -0.2) is 38.8 Å². The number of ether oxygens (including phenoxy) is 2. The largest absolute Gasteiger partial charge is 0.486 e. The van der Waals surface area contributed by atoms with Crippen LogP contribution in [0.3, 0.4) is 0 Å². The molecule has 0 bridgehead atoms. The van der Waals surface area contributed by atoms with Gasteiger partial charge in [0, 0.05) is 31.3 Å². The van der Waals surface area contributed by atoms with E-state index in [1.54, 1.807) is 0 Å². The van der Waals surface area contributed by atoms with Crippen molar-refractivity contribution in [3.63, 3.8) is 0 Å². The second kappa shape index (κ2) is 5.48. The molecule has 0 unspecified atom stereocenters. The van der Waals surface area contributed by atoms with Crippen LogP contribution in [0.4, 0.5) is 5.69 Å². The lowest BCUT2D eigenvalue weighted by Crippen LogP contribution is -2.38. The summed E-state index contributed by atoms with van der Waals surface area (Å²) < 4.78 is 11.1. The second-order valence-electron chi connectivity index (χ2n) is 4.73. The summed E-state index contributed by atoms with van der Waals surface area (Å²) in [7, 11) is 0. The summed E-state index contributed by atoms with van der Waals surface area (Å²) in [5, 5.41) is 3.25. The van der Waals surface area contributed by atoms with E-state index in [1.807, 2.05) is 23.1 Å². The van der Waals surface area contributed by atoms with Gasteiger partial charge in [0.15, 0.2) is 11.5 Å². The first-order chi connectivity index (χ1) is 9.34. The lowest BCUT2D eigenvalue weighted by Gasteiger charge is -2.27. The van der Waals surface area contributed by atoms with Crippen LogP contribution >= 0.6 is 0 Å². The molecule has 2 aliphatic rings. The van der Waals surface area contributed by atoms with Gasteiger partial charge in [-0.2, -0.15) is 0 Å². The standard InChI is InChI=1S/C14H18N2O3/c17-14-4-6-15-5-1-7-16(14)11-2-3-12-13(10-11)19-9-8-18-12/h2-3,10,15H,1,4-9H2. The first kappa shape index (κ1) is 12.3. The van der Waals surface area contributed by atoms with Gasteiger partial charge in [0.2, 0.25) is 5.91 Å². The number of fused-ring (bicyclic) bond motifs is 1. The molecule has 1 N–H and O–H groups in total. The Morgan fingerprint density at radius 3 is 2.84 bits per heavy atom. The molecule has 0 saturated carbocycles. The molecule has 102 valence electrons. The Balaban J connectivity index is 1.84. The predicted molar refractivity (Wildman–Crippen MR) is 71.9 cm³/mol. The van der Waals surface area contributed by atoms with Crippen molar-refractivity contribution in [2.24, 2.45) is 0 Å². The average Bonchev–Trinajstić information content (AvgIpc) is 2.43. The first-order valence-corrected chi connectivity index (χ1v) is 6.75. The zero-order chi connectivity index (χ0) is 13.1. The third-order valence-corrected chi connectivity index (χ3v) is 3.39. The van der Waals surface area contributed by atoms with Gasteiger partial charge in [0.1, 0.15) is 13.2 Å². The van der Waals surface area contributed by atoms with Crippen molar-refractivity contribution in [1.29, 1.82) is 0 Å². The number of nitrogens with one attached hydrogen (secondary N) is 1. The number of rotatable bonds is 1. The highest BCUT2D eigenvalue weighted by Crippen LogP contribution is 2.34. The smallest absolute Gasteiger partial charge is 0.228 e. The molecule has 5 heteroatoms. The Kier molecular flexibility index (Phi) is 3.55. The van der Waals surface area contributed by atoms with Crippen molar-refractivity contribution in [3.8, 4) is 11.5 Å². The third-order valence-electron chi connectivity index (χ3n) is 3.39. The summed E-state index contributed by atoms with van der Waals surface area (Å²) in [6.07, 6.45) is 1.49. The van der Waals surface area contributed by atoms with Gasteiger partial charge in [0.25, 0.3) is 0 Å². The fourth-order valence-corrected chi connectivity index (χ4v) is 2.42. The number of amides is 1. The van der Waals surface area contributed by atoms with Gasteiger partial charge in [-0.1, -0.05) is 0 Å². The van der Waals surface area contributed by atoms with Crippen molar-refractivity contribution in [2.45, 2.75) is 12.8 Å². The summed E-state index contributed by atoms with van der Waals surface area (Å²) in [6, 6.07) is 5.72. The molecule has 1 fully saturated rings. The molecule has 1 amide bonds. The van der Waals surface area contributed by atoms with Gasteiger partial charge in [-0.3, -0.25) is 4.79 Å². The monoisotopic (exact) mass is 262 g/mol. The Morgan fingerprint density at radius 2 is 1.95 bits per heavy atom. The summed E-state index contributed by atoms with van der Waals surface area (Å²) in [6.45, 7) is 3.59. The number of nitrogens with zero attached hydrogens (tertiary/aromatic N) is 1. The highest BCUT2D eigenvalue weighted by Gasteiger charge is 2.20. The van der Waals surface area contributed by atoms with E-state index in [2.05, 4.69) is 5.32 Å². The zero-order valence-corrected chi connectivity index (χ0v) is 10.9. The molecule has 0 aromatic heterocycles. The van der Waals surface area contributed by atoms with E-state index in [1.165, 1.54) is 0 Å². The molecule has 2 aliphatic heterocycles. The van der Waals surface area contributed by atoms with Crippen LogP contribution in [0.25, 0.3) is 0 Å². The molecule has 0 atom stereocenters. The van der Waals surface area contributed by atoms with Crippen LogP contribution in [-0.2, 0) is 4.79 Å². The highest BCUT2D eigenvalue weighted by atomic mass is 16.6. The highest BCUT2D eigenvalue weighted by molar-refractivity contribution is 5.93. The molecule has 3 rings (SSSR count). The van der Waals surface area contributed by atoms with Crippen LogP contribution in [0.5, 0.6) is 11.5 Å². The van der Waals surface area contributed by atoms with Crippen LogP contribution < -0.4 is 19.7 Å². The van der Waals surface area contributed by atoms with Gasteiger partial charge >= 0.3 is 0 Å². The topological polar surface area (TPSA) is 50.8 Å². The van der Waals surface area contributed by atoms with E-state index in [0.29, 0.717) is 19.6 Å². The Bertz CT molecular complexity index is 476. The summed E-state index contributed by atoms with van der Waals surface area (Å²) in [5.74, 6) is 1.65. The minimum absolute atomic E-state index is 0.156. The zero-order valence-electron chi connectivity index (χ0n) is 10.9. The van der Waals surface area contributed by atoms with Gasteiger partial charge in [-0.05, 0) is 25.1 Å². The van der Waals surface area contributed by atoms with Gasteiger partial charge < -0.3 is 19.7 Å². The Labute approximate surface area is 112 Å². The van der Waals surface area contributed by atoms with E-state index in [0.717, 1.165) is 43.2 Å². The van der Waals surface area contributed by atoms with Crippen LogP contribution in [0.1, 0.15) is 12.8 Å². The minimum Gasteiger partial charge on any atom is -0.486 e. The Hall–Kier alpha value is -1.75. The van der Waals surface area contributed by atoms with E-state index >= 15 is 0 Å². The molecular weight excluding hydrogens is 244 g/mol. The van der Waals surface area contributed by atoms with Crippen molar-refractivity contribution in [1.82, 2.24) is 5.32 Å². The molecule has 0 radical (unpaired) electrons. The van der Waals surface area contributed by atoms with Gasteiger partial charge in [-0.25, -0.2) is 0 Å². The summed E-state index contributed by atoms with van der Waals surface area (Å²) in [5.41, 5.74) is 0.899. The maximum atomic E-state index is 12.1. The molecule has 1 saturated heterocycles. The molecule has 5 nitrogen and oxygen atoms in total. The molecule has 1 aromatic rings. The lowest BCUT2D eigenvalue weighted by atomic mass is 10.2. The number of anilines is 1. The number of carbonyl (C=O) groups is 1. The predicted octanol–water partition coefficient (Wildman–Crippen LogP) is 1.17. The van der Waals surface area contributed by atoms with E-state index in [-0.39, 0.29) is 5.91 Å². The van der Waals surface area contributed by atoms with Crippen LogP contribution in [0.2, 0.25) is 0 Å². The molecule has 1 aromatic carbocycles. The Morgan fingerprint density at radius 1 is 1.11 bits per heavy atom. The fourth-order valence-electron chi connectivity index (χ4n) is 2.42. The first-order valence-electron chi connectivity index (χ1n) is 6.75. The number of hydrogen-bond acceptors (Lipinski definition) is 4. The molecule has 19 heavy (non-hydrogen) atoms. The number of carbonyl (C=O) groups excluding carboxylic acids is 1. The maximum absolute atomic E-state index is 12.1. The van der Waals surface area contributed by atoms with E-state index in [9.17, 15) is 4.79 Å². The fraction of sp³-hybridized carbons (Fsp3) is 0.500. The molecular formula is C14H18N2O3. The van der Waals surface area contributed by atoms with E-state index < -0.39 is 0 Å². The number of hydrogen-bond donors (Lipinski definition) is 1. The van der Waals surface area contributed by atoms with Gasteiger partial charge in [0.05, 0.1) is 0 Å².